The summed E-state index contributed by atoms with van der Waals surface area (Å²) < 4.78 is 9.80. The molecule has 0 radical (unpaired) electrons. The topological polar surface area (TPSA) is 52.6 Å². The maximum atomic E-state index is 12.4. The monoisotopic (exact) mass is 278 g/mol. The standard InChI is InChI=1S/C16H22O4/c1-19-14(17)11-12-7-6-10-16(15(18)20-2)9-5-3-4-8-13(12)16/h4,8,11,13H,3,5-7,9-10H2,1-2H3/b12-11+/t13-,16+/m1/s1. The first kappa shape index (κ1) is 14.8. The second-order valence-electron chi connectivity index (χ2n) is 5.54. The first-order valence-corrected chi connectivity index (χ1v) is 7.17. The molecule has 0 N–H and O–H groups in total. The number of carbonyl (C=O) groups is 2. The van der Waals surface area contributed by atoms with Crippen molar-refractivity contribution in [1.29, 1.82) is 0 Å². The quantitative estimate of drug-likeness (QED) is 0.443. The molecule has 0 heterocycles. The van der Waals surface area contributed by atoms with Gasteiger partial charge in [0.25, 0.3) is 0 Å². The third-order valence-corrected chi connectivity index (χ3v) is 4.50. The maximum Gasteiger partial charge on any atom is 0.330 e. The fourth-order valence-corrected chi connectivity index (χ4v) is 3.54. The Balaban J connectivity index is 2.41. The lowest BCUT2D eigenvalue weighted by molar-refractivity contribution is -0.157. The number of fused-ring (bicyclic) bond motifs is 1. The molecule has 4 nitrogen and oxygen atoms in total. The largest absolute Gasteiger partial charge is 0.469 e. The van der Waals surface area contributed by atoms with E-state index in [-0.39, 0.29) is 17.9 Å². The highest BCUT2D eigenvalue weighted by Crippen LogP contribution is 2.50. The number of methoxy groups -OCH3 is 2. The molecule has 0 saturated heterocycles. The summed E-state index contributed by atoms with van der Waals surface area (Å²) in [4.78, 5) is 23.9. The van der Waals surface area contributed by atoms with Gasteiger partial charge in [-0.1, -0.05) is 17.7 Å². The molecule has 2 aliphatic carbocycles. The van der Waals surface area contributed by atoms with E-state index in [2.05, 4.69) is 12.2 Å². The Hall–Kier alpha value is -1.58. The predicted octanol–water partition coefficient (Wildman–Crippen LogP) is 2.79. The zero-order valence-electron chi connectivity index (χ0n) is 12.2. The highest BCUT2D eigenvalue weighted by atomic mass is 16.5. The molecule has 0 aromatic rings. The Morgan fingerprint density at radius 1 is 1.25 bits per heavy atom. The lowest BCUT2D eigenvalue weighted by atomic mass is 9.62. The van der Waals surface area contributed by atoms with Crippen molar-refractivity contribution in [1.82, 2.24) is 0 Å². The molecule has 1 fully saturated rings. The number of esters is 2. The Morgan fingerprint density at radius 3 is 2.70 bits per heavy atom. The first-order chi connectivity index (χ1) is 9.64. The first-order valence-electron chi connectivity index (χ1n) is 7.17. The molecule has 0 bridgehead atoms. The van der Waals surface area contributed by atoms with Crippen LogP contribution in [0.1, 0.15) is 38.5 Å². The molecular formula is C16H22O4. The van der Waals surface area contributed by atoms with E-state index in [9.17, 15) is 9.59 Å². The number of hydrogen-bond acceptors (Lipinski definition) is 4. The highest BCUT2D eigenvalue weighted by Gasteiger charge is 2.48. The van der Waals surface area contributed by atoms with E-state index in [4.69, 9.17) is 9.47 Å². The predicted molar refractivity (Wildman–Crippen MR) is 74.9 cm³/mol. The van der Waals surface area contributed by atoms with Crippen LogP contribution in [0.25, 0.3) is 0 Å². The van der Waals surface area contributed by atoms with Crippen LogP contribution in [-0.4, -0.2) is 26.2 Å². The van der Waals surface area contributed by atoms with Crippen molar-refractivity contribution >= 4 is 11.9 Å². The summed E-state index contributed by atoms with van der Waals surface area (Å²) in [6.07, 6.45) is 11.1. The van der Waals surface area contributed by atoms with E-state index < -0.39 is 5.41 Å². The second kappa shape index (κ2) is 6.25. The second-order valence-corrected chi connectivity index (χ2v) is 5.54. The molecule has 20 heavy (non-hydrogen) atoms. The Labute approximate surface area is 119 Å². The molecule has 0 aromatic heterocycles. The van der Waals surface area contributed by atoms with Gasteiger partial charge in [-0.05, 0) is 38.5 Å². The van der Waals surface area contributed by atoms with Gasteiger partial charge in [0.15, 0.2) is 0 Å². The van der Waals surface area contributed by atoms with Gasteiger partial charge in [-0.25, -0.2) is 4.79 Å². The molecule has 2 rings (SSSR count). The van der Waals surface area contributed by atoms with Gasteiger partial charge < -0.3 is 9.47 Å². The zero-order chi connectivity index (χ0) is 14.6. The average Bonchev–Trinajstić information content (AvgIpc) is 2.70. The molecule has 4 heteroatoms. The fourth-order valence-electron chi connectivity index (χ4n) is 3.54. The third kappa shape index (κ3) is 2.65. The molecule has 0 aromatic carbocycles. The van der Waals surface area contributed by atoms with E-state index in [1.165, 1.54) is 14.2 Å². The minimum atomic E-state index is -0.500. The summed E-state index contributed by atoms with van der Waals surface area (Å²) in [5.74, 6) is -0.534. The average molecular weight is 278 g/mol. The summed E-state index contributed by atoms with van der Waals surface area (Å²) in [6, 6.07) is 0. The number of rotatable bonds is 2. The van der Waals surface area contributed by atoms with Crippen LogP contribution in [0.4, 0.5) is 0 Å². The van der Waals surface area contributed by atoms with Crippen LogP contribution in [0, 0.1) is 11.3 Å². The molecular weight excluding hydrogens is 256 g/mol. The molecule has 110 valence electrons. The minimum absolute atomic E-state index is 0.0368. The number of carbonyl (C=O) groups excluding carboxylic acids is 2. The summed E-state index contributed by atoms with van der Waals surface area (Å²) in [5.41, 5.74) is 0.492. The van der Waals surface area contributed by atoms with Gasteiger partial charge in [0, 0.05) is 12.0 Å². The smallest absolute Gasteiger partial charge is 0.330 e. The summed E-state index contributed by atoms with van der Waals surface area (Å²) in [5, 5.41) is 0. The summed E-state index contributed by atoms with van der Waals surface area (Å²) in [7, 11) is 2.82. The normalized spacial score (nSPS) is 31.3. The van der Waals surface area contributed by atoms with Crippen molar-refractivity contribution in [3.05, 3.63) is 23.8 Å². The fraction of sp³-hybridized carbons (Fsp3) is 0.625. The van der Waals surface area contributed by atoms with Crippen LogP contribution in [0.3, 0.4) is 0 Å². The van der Waals surface area contributed by atoms with Gasteiger partial charge >= 0.3 is 11.9 Å². The summed E-state index contributed by atoms with van der Waals surface area (Å²) >= 11 is 0. The Bertz CT molecular complexity index is 449. The number of hydrogen-bond donors (Lipinski definition) is 0. The van der Waals surface area contributed by atoms with E-state index in [0.29, 0.717) is 0 Å². The van der Waals surface area contributed by atoms with Gasteiger partial charge in [-0.3, -0.25) is 4.79 Å². The van der Waals surface area contributed by atoms with Crippen molar-refractivity contribution in [3.8, 4) is 0 Å². The van der Waals surface area contributed by atoms with Gasteiger partial charge in [-0.15, -0.1) is 0 Å². The van der Waals surface area contributed by atoms with Crippen LogP contribution in [0.2, 0.25) is 0 Å². The molecule has 0 spiro atoms. The van der Waals surface area contributed by atoms with Crippen LogP contribution >= 0.6 is 0 Å². The van der Waals surface area contributed by atoms with Gasteiger partial charge in [0.2, 0.25) is 0 Å². The van der Waals surface area contributed by atoms with Crippen molar-refractivity contribution < 1.29 is 19.1 Å². The van der Waals surface area contributed by atoms with Crippen molar-refractivity contribution in [2.75, 3.05) is 14.2 Å². The van der Waals surface area contributed by atoms with E-state index in [1.807, 2.05) is 0 Å². The number of allylic oxidation sites excluding steroid dienone is 3. The molecule has 0 amide bonds. The Morgan fingerprint density at radius 2 is 2.00 bits per heavy atom. The molecule has 0 aliphatic heterocycles. The minimum Gasteiger partial charge on any atom is -0.469 e. The molecule has 0 unspecified atom stereocenters. The van der Waals surface area contributed by atoms with E-state index in [0.717, 1.165) is 44.1 Å². The zero-order valence-corrected chi connectivity index (χ0v) is 12.2. The van der Waals surface area contributed by atoms with E-state index in [1.54, 1.807) is 6.08 Å². The van der Waals surface area contributed by atoms with E-state index >= 15 is 0 Å². The highest BCUT2D eigenvalue weighted by molar-refractivity contribution is 5.84. The SMILES string of the molecule is COC(=O)/C=C1\CCC[C@@]2(C(=O)OC)CCCC=C[C@H]12. The lowest BCUT2D eigenvalue weighted by Crippen LogP contribution is -2.42. The molecule has 1 saturated carbocycles. The van der Waals surface area contributed by atoms with Crippen LogP contribution in [0.15, 0.2) is 23.8 Å². The van der Waals surface area contributed by atoms with Crippen LogP contribution < -0.4 is 0 Å². The summed E-state index contributed by atoms with van der Waals surface area (Å²) in [6.45, 7) is 0. The molecule has 2 aliphatic rings. The van der Waals surface area contributed by atoms with Gasteiger partial charge in [-0.2, -0.15) is 0 Å². The van der Waals surface area contributed by atoms with Crippen molar-refractivity contribution in [3.63, 3.8) is 0 Å². The lowest BCUT2D eigenvalue weighted by Gasteiger charge is -2.41. The maximum absolute atomic E-state index is 12.4. The number of ether oxygens (including phenoxy) is 2. The van der Waals surface area contributed by atoms with Crippen molar-refractivity contribution in [2.24, 2.45) is 11.3 Å². The Kier molecular flexibility index (Phi) is 4.63. The van der Waals surface area contributed by atoms with Crippen LogP contribution in [-0.2, 0) is 19.1 Å². The van der Waals surface area contributed by atoms with Gasteiger partial charge in [0.1, 0.15) is 0 Å². The van der Waals surface area contributed by atoms with Gasteiger partial charge in [0.05, 0.1) is 19.6 Å². The third-order valence-electron chi connectivity index (χ3n) is 4.50. The van der Waals surface area contributed by atoms with Crippen LogP contribution in [0.5, 0.6) is 0 Å². The molecule has 2 atom stereocenters. The van der Waals surface area contributed by atoms with Crippen molar-refractivity contribution in [2.45, 2.75) is 38.5 Å².